The molecule has 0 aliphatic carbocycles. The normalized spacial score (nSPS) is 13.9. The molecule has 1 aromatic carbocycles. The van der Waals surface area contributed by atoms with Crippen molar-refractivity contribution in [2.45, 2.75) is 18.2 Å². The number of anilines is 2. The molecule has 0 spiro atoms. The van der Waals surface area contributed by atoms with Crippen LogP contribution < -0.4 is 10.6 Å². The largest absolute Gasteiger partial charge is 0.336 e. The number of hydrogen-bond acceptors (Lipinski definition) is 7. The van der Waals surface area contributed by atoms with Crippen LogP contribution in [0.1, 0.15) is 11.1 Å². The van der Waals surface area contributed by atoms with Gasteiger partial charge in [-0.2, -0.15) is 0 Å². The Morgan fingerprint density at radius 1 is 1.42 bits per heavy atom. The Bertz CT molecular complexity index is 777. The smallest absolute Gasteiger partial charge is 0.324 e. The lowest BCUT2D eigenvalue weighted by molar-refractivity contribution is -0.124. The third kappa shape index (κ3) is 3.68. The van der Waals surface area contributed by atoms with E-state index in [4.69, 9.17) is 0 Å². The van der Waals surface area contributed by atoms with Gasteiger partial charge in [-0.25, -0.2) is 4.79 Å². The van der Waals surface area contributed by atoms with Gasteiger partial charge in [0, 0.05) is 18.8 Å². The number of carbonyl (C=O) groups is 2. The molecule has 2 N–H and O–H groups in total. The number of nitrogens with zero attached hydrogens (tertiary/aromatic N) is 3. The highest BCUT2D eigenvalue weighted by atomic mass is 32.2. The molecule has 1 aliphatic rings. The number of amides is 3. The third-order valence-electron chi connectivity index (χ3n) is 3.73. The quantitative estimate of drug-likeness (QED) is 0.794. The summed E-state index contributed by atoms with van der Waals surface area (Å²) in [6.07, 6.45) is 0. The van der Waals surface area contributed by atoms with Crippen molar-refractivity contribution in [3.8, 4) is 0 Å². The van der Waals surface area contributed by atoms with E-state index in [-0.39, 0.29) is 17.7 Å². The SMILES string of the molecule is Cc1cccc(Nc2nnc(SCC(=O)N3CCNC3=O)s2)c1C. The van der Waals surface area contributed by atoms with Crippen LogP contribution in [-0.4, -0.2) is 45.9 Å². The summed E-state index contributed by atoms with van der Waals surface area (Å²) in [7, 11) is 0. The van der Waals surface area contributed by atoms with Crippen molar-refractivity contribution in [3.63, 3.8) is 0 Å². The van der Waals surface area contributed by atoms with E-state index in [1.807, 2.05) is 19.1 Å². The first-order chi connectivity index (χ1) is 11.5. The summed E-state index contributed by atoms with van der Waals surface area (Å²) in [5.41, 5.74) is 3.36. The van der Waals surface area contributed by atoms with Crippen LogP contribution in [-0.2, 0) is 4.79 Å². The van der Waals surface area contributed by atoms with Gasteiger partial charge in [-0.15, -0.1) is 10.2 Å². The zero-order valence-corrected chi connectivity index (χ0v) is 15.0. The monoisotopic (exact) mass is 363 g/mol. The molecule has 9 heteroatoms. The second-order valence-electron chi connectivity index (χ2n) is 5.31. The summed E-state index contributed by atoms with van der Waals surface area (Å²) in [6.45, 7) is 5.04. The van der Waals surface area contributed by atoms with Gasteiger partial charge >= 0.3 is 6.03 Å². The van der Waals surface area contributed by atoms with Crippen LogP contribution in [0, 0.1) is 13.8 Å². The van der Waals surface area contributed by atoms with Gasteiger partial charge in [0.25, 0.3) is 0 Å². The van der Waals surface area contributed by atoms with Gasteiger partial charge in [0.2, 0.25) is 11.0 Å². The van der Waals surface area contributed by atoms with Crippen LogP contribution in [0.3, 0.4) is 0 Å². The van der Waals surface area contributed by atoms with E-state index in [9.17, 15) is 9.59 Å². The number of imide groups is 1. The Hall–Kier alpha value is -2.13. The summed E-state index contributed by atoms with van der Waals surface area (Å²) >= 11 is 2.68. The summed E-state index contributed by atoms with van der Waals surface area (Å²) in [5, 5.41) is 14.7. The van der Waals surface area contributed by atoms with Gasteiger partial charge in [0.1, 0.15) is 0 Å². The molecular weight excluding hydrogens is 346 g/mol. The molecule has 0 bridgehead atoms. The number of nitrogens with one attached hydrogen (secondary N) is 2. The zero-order chi connectivity index (χ0) is 17.1. The van der Waals surface area contributed by atoms with Crippen molar-refractivity contribution in [3.05, 3.63) is 29.3 Å². The van der Waals surface area contributed by atoms with Crippen LogP contribution in [0.4, 0.5) is 15.6 Å². The summed E-state index contributed by atoms with van der Waals surface area (Å²) in [6, 6.07) is 5.71. The van der Waals surface area contributed by atoms with Crippen molar-refractivity contribution in [1.29, 1.82) is 0 Å². The molecule has 1 saturated heterocycles. The van der Waals surface area contributed by atoms with E-state index in [0.29, 0.717) is 22.6 Å². The van der Waals surface area contributed by atoms with Crippen LogP contribution in [0.5, 0.6) is 0 Å². The van der Waals surface area contributed by atoms with Crippen molar-refractivity contribution in [1.82, 2.24) is 20.4 Å². The second-order valence-corrected chi connectivity index (χ2v) is 7.51. The Balaban J connectivity index is 1.58. The Labute approximate surface area is 147 Å². The molecule has 0 unspecified atom stereocenters. The van der Waals surface area contributed by atoms with E-state index in [1.54, 1.807) is 0 Å². The van der Waals surface area contributed by atoms with Crippen LogP contribution in [0.2, 0.25) is 0 Å². The minimum absolute atomic E-state index is 0.172. The molecule has 1 aliphatic heterocycles. The van der Waals surface area contributed by atoms with Gasteiger partial charge in [-0.1, -0.05) is 35.2 Å². The lowest BCUT2D eigenvalue weighted by atomic mass is 10.1. The van der Waals surface area contributed by atoms with Gasteiger partial charge in [-0.05, 0) is 31.0 Å². The van der Waals surface area contributed by atoms with E-state index >= 15 is 0 Å². The molecule has 1 fully saturated rings. The molecule has 1 aromatic heterocycles. The number of urea groups is 1. The first kappa shape index (κ1) is 16.7. The Morgan fingerprint density at radius 2 is 2.25 bits per heavy atom. The molecule has 3 rings (SSSR count). The molecular formula is C15H17N5O2S2. The Morgan fingerprint density at radius 3 is 3.00 bits per heavy atom. The molecule has 126 valence electrons. The number of aromatic nitrogens is 2. The maximum Gasteiger partial charge on any atom is 0.324 e. The maximum absolute atomic E-state index is 12.0. The summed E-state index contributed by atoms with van der Waals surface area (Å²) < 4.78 is 0.691. The highest BCUT2D eigenvalue weighted by molar-refractivity contribution is 8.01. The summed E-state index contributed by atoms with van der Waals surface area (Å²) in [4.78, 5) is 24.7. The van der Waals surface area contributed by atoms with E-state index < -0.39 is 0 Å². The lowest BCUT2D eigenvalue weighted by Gasteiger charge is -2.10. The van der Waals surface area contributed by atoms with E-state index in [1.165, 1.54) is 33.6 Å². The van der Waals surface area contributed by atoms with E-state index in [2.05, 4.69) is 33.8 Å². The summed E-state index contributed by atoms with van der Waals surface area (Å²) in [5.74, 6) is -0.0415. The molecule has 7 nitrogen and oxygen atoms in total. The van der Waals surface area contributed by atoms with Gasteiger partial charge in [-0.3, -0.25) is 9.69 Å². The number of thioether (sulfide) groups is 1. The average Bonchev–Trinajstić information content (AvgIpc) is 3.18. The minimum atomic E-state index is -0.324. The molecule has 0 saturated carbocycles. The highest BCUT2D eigenvalue weighted by Crippen LogP contribution is 2.29. The van der Waals surface area contributed by atoms with Crippen LogP contribution in [0.25, 0.3) is 0 Å². The zero-order valence-electron chi connectivity index (χ0n) is 13.3. The molecule has 2 aromatic rings. The van der Waals surface area contributed by atoms with Crippen molar-refractivity contribution in [2.24, 2.45) is 0 Å². The molecule has 0 radical (unpaired) electrons. The lowest BCUT2D eigenvalue weighted by Crippen LogP contribution is -2.35. The fourth-order valence-corrected chi connectivity index (χ4v) is 3.87. The number of benzene rings is 1. The minimum Gasteiger partial charge on any atom is -0.336 e. The van der Waals surface area contributed by atoms with Crippen molar-refractivity contribution in [2.75, 3.05) is 24.2 Å². The maximum atomic E-state index is 12.0. The van der Waals surface area contributed by atoms with Gasteiger partial charge in [0.05, 0.1) is 5.75 Å². The second kappa shape index (κ2) is 7.18. The number of aryl methyl sites for hydroxylation is 1. The van der Waals surface area contributed by atoms with Crippen molar-refractivity contribution >= 4 is 45.9 Å². The van der Waals surface area contributed by atoms with Crippen LogP contribution in [0.15, 0.2) is 22.5 Å². The highest BCUT2D eigenvalue weighted by Gasteiger charge is 2.26. The van der Waals surface area contributed by atoms with Gasteiger partial charge < -0.3 is 10.6 Å². The Kier molecular flexibility index (Phi) is 5.00. The van der Waals surface area contributed by atoms with Crippen LogP contribution >= 0.6 is 23.1 Å². The first-order valence-corrected chi connectivity index (χ1v) is 9.22. The number of carbonyl (C=O) groups excluding carboxylic acids is 2. The van der Waals surface area contributed by atoms with E-state index in [0.717, 1.165) is 11.3 Å². The fraction of sp³-hybridized carbons (Fsp3) is 0.333. The topological polar surface area (TPSA) is 87.2 Å². The molecule has 0 atom stereocenters. The molecule has 2 heterocycles. The van der Waals surface area contributed by atoms with Gasteiger partial charge in [0.15, 0.2) is 4.34 Å². The molecule has 3 amide bonds. The average molecular weight is 363 g/mol. The molecule has 24 heavy (non-hydrogen) atoms. The third-order valence-corrected chi connectivity index (χ3v) is 5.69. The predicted octanol–water partition coefficient (Wildman–Crippen LogP) is 2.54. The fourth-order valence-electron chi connectivity index (χ4n) is 2.23. The van der Waals surface area contributed by atoms with Crippen molar-refractivity contribution < 1.29 is 9.59 Å². The standard InChI is InChI=1S/C15H17N5O2S2/c1-9-4-3-5-11(10(9)2)17-13-18-19-15(24-13)23-8-12(21)20-7-6-16-14(20)22/h3-5H,6-8H2,1-2H3,(H,16,22)(H,17,18). The number of rotatable bonds is 5. The predicted molar refractivity (Wildman–Crippen MR) is 94.9 cm³/mol. The first-order valence-electron chi connectivity index (χ1n) is 7.42. The number of hydrogen-bond donors (Lipinski definition) is 2.